The maximum Gasteiger partial charge on any atom is 0 e. The molecule has 0 saturated heterocycles. The van der Waals surface area contributed by atoms with E-state index >= 15 is 0 Å². The minimum absolute atomic E-state index is 0. The maximum absolute atomic E-state index is 4.03. The second kappa shape index (κ2) is 4.87. The first-order valence-electron chi connectivity index (χ1n) is 4.74. The van der Waals surface area contributed by atoms with Crippen LogP contribution in [0.3, 0.4) is 0 Å². The van der Waals surface area contributed by atoms with Gasteiger partial charge in [0.25, 0.3) is 0 Å². The minimum Gasteiger partial charge on any atom is -0.360 e. The molecular weight excluding hydrogens is 394 g/mol. The molecule has 0 aliphatic rings. The molecule has 3 rings (SSSR count). The largest absolute Gasteiger partial charge is 0.360 e. The predicted octanol–water partition coefficient (Wildman–Crippen LogP) is 3.76. The smallest absolute Gasteiger partial charge is 0 e. The molecule has 1 nitrogen and oxygen atoms in total. The Hall–Kier alpha value is -1.02. The van der Waals surface area contributed by atoms with Crippen LogP contribution in [0.2, 0.25) is 0 Å². The van der Waals surface area contributed by atoms with Crippen molar-refractivity contribution in [2.45, 2.75) is 0 Å². The van der Waals surface area contributed by atoms with E-state index in [2.05, 4.69) is 40.8 Å². The van der Waals surface area contributed by atoms with E-state index in [1.165, 1.54) is 15.6 Å². The zero-order valence-electron chi connectivity index (χ0n) is 8.31. The van der Waals surface area contributed by atoms with E-state index < -0.39 is 0 Å². The summed E-state index contributed by atoms with van der Waals surface area (Å²) in [5.74, 6) is 0. The zero-order valence-corrected chi connectivity index (χ0v) is 11.5. The zero-order chi connectivity index (χ0) is 10.1. The summed E-state index contributed by atoms with van der Waals surface area (Å²) in [4.78, 5) is 5.28. The van der Waals surface area contributed by atoms with E-state index in [1.54, 1.807) is 17.5 Å². The van der Waals surface area contributed by atoms with Crippen molar-refractivity contribution in [2.75, 3.05) is 0 Å². The Labute approximate surface area is 112 Å². The topological polar surface area (TPSA) is 12.9 Å². The van der Waals surface area contributed by atoms with Gasteiger partial charge in [-0.3, -0.25) is 0 Å². The molecule has 81 valence electrons. The van der Waals surface area contributed by atoms with Crippen LogP contribution < -0.4 is 0 Å². The van der Waals surface area contributed by atoms with Gasteiger partial charge in [-0.15, -0.1) is 17.7 Å². The summed E-state index contributed by atoms with van der Waals surface area (Å²) >= 11 is 1.74. The number of pyridine rings is 1. The molecule has 0 aliphatic carbocycles. The van der Waals surface area contributed by atoms with Crippen molar-refractivity contribution in [3.63, 3.8) is 0 Å². The molecule has 0 aliphatic heterocycles. The van der Waals surface area contributed by atoms with Crippen LogP contribution in [0.15, 0.2) is 48.0 Å². The summed E-state index contributed by atoms with van der Waals surface area (Å²) in [6, 6.07) is 12.4. The quantitative estimate of drug-likeness (QED) is 0.565. The molecule has 0 saturated carbocycles. The fraction of sp³-hybridized carbons (Fsp3) is 0. The summed E-state index contributed by atoms with van der Waals surface area (Å²) in [6.45, 7) is 0. The Morgan fingerprint density at radius 2 is 1.94 bits per heavy atom. The van der Waals surface area contributed by atoms with Gasteiger partial charge in [0.05, 0.1) is 0 Å². The van der Waals surface area contributed by atoms with Crippen molar-refractivity contribution in [3.8, 4) is 10.4 Å². The van der Waals surface area contributed by atoms with Gasteiger partial charge < -0.3 is 4.98 Å². The third-order valence-corrected chi connectivity index (χ3v) is 3.41. The number of thiophene rings is 1. The van der Waals surface area contributed by atoms with Crippen LogP contribution in [-0.4, -0.2) is 4.98 Å². The molecule has 0 atom stereocenters. The van der Waals surface area contributed by atoms with Crippen LogP contribution in [0.25, 0.3) is 21.2 Å². The third-order valence-electron chi connectivity index (χ3n) is 2.36. The van der Waals surface area contributed by atoms with Crippen LogP contribution in [0, 0.1) is 6.20 Å². The number of aromatic nitrogens is 1. The van der Waals surface area contributed by atoms with E-state index in [4.69, 9.17) is 0 Å². The van der Waals surface area contributed by atoms with Crippen molar-refractivity contribution < 1.29 is 20.1 Å². The van der Waals surface area contributed by atoms with Gasteiger partial charge in [0.15, 0.2) is 0 Å². The molecule has 0 bridgehead atoms. The molecule has 1 aromatic carbocycles. The number of benzene rings is 1. The van der Waals surface area contributed by atoms with Crippen molar-refractivity contribution in [3.05, 3.63) is 54.2 Å². The molecule has 2 aromatic heterocycles. The molecule has 0 unspecified atom stereocenters. The molecule has 16 heavy (non-hydrogen) atoms. The summed E-state index contributed by atoms with van der Waals surface area (Å²) < 4.78 is 0. The molecule has 0 fully saturated rings. The SMILES string of the molecule is [Ir].[c-]1ncccc1-c1scc2ccccc12. The van der Waals surface area contributed by atoms with Crippen molar-refractivity contribution in [2.24, 2.45) is 0 Å². The van der Waals surface area contributed by atoms with Gasteiger partial charge in [-0.1, -0.05) is 30.5 Å². The van der Waals surface area contributed by atoms with Gasteiger partial charge in [-0.05, 0) is 27.2 Å². The number of fused-ring (bicyclic) bond motifs is 1. The number of rotatable bonds is 1. The van der Waals surface area contributed by atoms with E-state index in [9.17, 15) is 0 Å². The van der Waals surface area contributed by atoms with Crippen LogP contribution >= 0.6 is 11.3 Å². The van der Waals surface area contributed by atoms with E-state index in [-0.39, 0.29) is 20.1 Å². The first-order valence-corrected chi connectivity index (χ1v) is 5.62. The summed E-state index contributed by atoms with van der Waals surface area (Å²) in [7, 11) is 0. The van der Waals surface area contributed by atoms with Gasteiger partial charge in [-0.25, -0.2) is 0 Å². The Morgan fingerprint density at radius 1 is 1.06 bits per heavy atom. The van der Waals surface area contributed by atoms with Crippen LogP contribution in [0.5, 0.6) is 0 Å². The Kier molecular flexibility index (Phi) is 3.49. The molecule has 1 radical (unpaired) electrons. The molecule has 2 heterocycles. The van der Waals surface area contributed by atoms with Crippen LogP contribution in [0.1, 0.15) is 0 Å². The summed E-state index contributed by atoms with van der Waals surface area (Å²) in [5, 5.41) is 4.74. The number of hydrogen-bond acceptors (Lipinski definition) is 2. The normalized spacial score (nSPS) is 10.0. The number of hydrogen-bond donors (Lipinski definition) is 0. The van der Waals surface area contributed by atoms with Crippen LogP contribution in [0.4, 0.5) is 0 Å². The Bertz CT molecular complexity index is 589. The predicted molar refractivity (Wildman–Crippen MR) is 63.9 cm³/mol. The Balaban J connectivity index is 0.000000963. The minimum atomic E-state index is 0. The van der Waals surface area contributed by atoms with E-state index in [0.29, 0.717) is 0 Å². The Morgan fingerprint density at radius 3 is 2.75 bits per heavy atom. The molecular formula is C13H8IrNS-. The second-order valence-electron chi connectivity index (χ2n) is 3.31. The maximum atomic E-state index is 4.03. The van der Waals surface area contributed by atoms with Gasteiger partial charge in [0.1, 0.15) is 0 Å². The average molecular weight is 402 g/mol. The van der Waals surface area contributed by atoms with E-state index in [0.717, 1.165) is 5.56 Å². The van der Waals surface area contributed by atoms with Crippen molar-refractivity contribution in [1.29, 1.82) is 0 Å². The first-order chi connectivity index (χ1) is 7.45. The fourth-order valence-electron chi connectivity index (χ4n) is 1.65. The molecule has 3 heteroatoms. The summed E-state index contributed by atoms with van der Waals surface area (Å²) in [5.41, 5.74) is 1.07. The van der Waals surface area contributed by atoms with Crippen molar-refractivity contribution in [1.82, 2.24) is 4.98 Å². The van der Waals surface area contributed by atoms with E-state index in [1.807, 2.05) is 12.1 Å². The van der Waals surface area contributed by atoms with Gasteiger partial charge in [0, 0.05) is 20.1 Å². The third kappa shape index (κ3) is 1.94. The average Bonchev–Trinajstić information content (AvgIpc) is 2.74. The monoisotopic (exact) mass is 403 g/mol. The second-order valence-corrected chi connectivity index (χ2v) is 4.19. The molecule has 0 N–H and O–H groups in total. The molecule has 0 amide bonds. The van der Waals surface area contributed by atoms with Crippen LogP contribution in [-0.2, 0) is 20.1 Å². The van der Waals surface area contributed by atoms with Crippen molar-refractivity contribution >= 4 is 22.1 Å². The molecule has 3 aromatic rings. The first kappa shape index (κ1) is 11.5. The molecule has 0 spiro atoms. The fourth-order valence-corrected chi connectivity index (χ4v) is 2.66. The van der Waals surface area contributed by atoms with Gasteiger partial charge in [0.2, 0.25) is 0 Å². The van der Waals surface area contributed by atoms with Gasteiger partial charge >= 0.3 is 0 Å². The number of nitrogens with zero attached hydrogens (tertiary/aromatic N) is 1. The van der Waals surface area contributed by atoms with Gasteiger partial charge in [-0.2, -0.15) is 11.3 Å². The summed E-state index contributed by atoms with van der Waals surface area (Å²) in [6.07, 6.45) is 4.77. The standard InChI is InChI=1S/C13H8NS.Ir/c1-2-6-12-11(4-1)9-15-13(12)10-5-3-7-14-8-10;/h1-7,9H;/q-1;.